The van der Waals surface area contributed by atoms with Crippen LogP contribution in [-0.4, -0.2) is 25.6 Å². The van der Waals surface area contributed by atoms with Crippen molar-refractivity contribution >= 4 is 17.3 Å². The summed E-state index contributed by atoms with van der Waals surface area (Å²) >= 11 is 5.72. The summed E-state index contributed by atoms with van der Waals surface area (Å²) in [6, 6.07) is 9.20. The first-order valence-corrected chi connectivity index (χ1v) is 8.76. The van der Waals surface area contributed by atoms with E-state index in [9.17, 15) is 0 Å². The molecule has 0 bridgehead atoms. The van der Waals surface area contributed by atoms with Gasteiger partial charge < -0.3 is 14.8 Å². The fourth-order valence-electron chi connectivity index (χ4n) is 4.00. The largest absolute Gasteiger partial charge is 0.357 e. The van der Waals surface area contributed by atoms with Crippen LogP contribution in [0.15, 0.2) is 42.9 Å². The van der Waals surface area contributed by atoms with Crippen LogP contribution < -0.4 is 5.32 Å². The smallest absolute Gasteiger partial charge is 0.170 e. The molecule has 0 spiro atoms. The maximum Gasteiger partial charge on any atom is 0.170 e. The number of thiocarbonyl (C=S) groups is 1. The minimum absolute atomic E-state index is 0.117. The third kappa shape index (κ3) is 2.63. The molecule has 3 heterocycles. The first-order valence-electron chi connectivity index (χ1n) is 8.35. The molecule has 1 saturated heterocycles. The lowest BCUT2D eigenvalue weighted by Crippen LogP contribution is -2.37. The highest BCUT2D eigenvalue weighted by Gasteiger charge is 2.43. The van der Waals surface area contributed by atoms with Crippen LogP contribution in [0, 0.1) is 0 Å². The van der Waals surface area contributed by atoms with Gasteiger partial charge in [-0.1, -0.05) is 18.9 Å². The van der Waals surface area contributed by atoms with E-state index in [2.05, 4.69) is 51.3 Å². The number of rotatable bonds is 3. The summed E-state index contributed by atoms with van der Waals surface area (Å²) in [6.07, 6.45) is 11.3. The van der Waals surface area contributed by atoms with Crippen molar-refractivity contribution in [3.05, 3.63) is 54.1 Å². The van der Waals surface area contributed by atoms with Crippen molar-refractivity contribution < 1.29 is 0 Å². The molecule has 0 aromatic carbocycles. The second-order valence-electron chi connectivity index (χ2n) is 6.58. The van der Waals surface area contributed by atoms with Crippen LogP contribution in [0.5, 0.6) is 0 Å². The molecule has 2 aliphatic rings. The Morgan fingerprint density at radius 1 is 1.22 bits per heavy atom. The summed E-state index contributed by atoms with van der Waals surface area (Å²) < 4.78 is 2.11. The van der Waals surface area contributed by atoms with Gasteiger partial charge in [-0.15, -0.1) is 0 Å². The lowest BCUT2D eigenvalue weighted by atomic mass is 9.97. The second-order valence-corrected chi connectivity index (χ2v) is 6.97. The van der Waals surface area contributed by atoms with E-state index < -0.39 is 0 Å². The van der Waals surface area contributed by atoms with E-state index in [1.54, 1.807) is 0 Å². The summed E-state index contributed by atoms with van der Waals surface area (Å²) in [6.45, 7) is 0. The SMILES string of the molecule is Cn1ccc(C2C(c3ccccn3)NC(=S)N2C2CCCC2)c1. The highest BCUT2D eigenvalue weighted by Crippen LogP contribution is 2.42. The molecule has 1 aliphatic heterocycles. The van der Waals surface area contributed by atoms with E-state index in [0.717, 1.165) is 10.8 Å². The molecule has 0 amide bonds. The Morgan fingerprint density at radius 3 is 2.70 bits per heavy atom. The van der Waals surface area contributed by atoms with Crippen molar-refractivity contribution in [1.29, 1.82) is 0 Å². The van der Waals surface area contributed by atoms with E-state index in [4.69, 9.17) is 12.2 Å². The first kappa shape index (κ1) is 14.7. The molecule has 1 saturated carbocycles. The van der Waals surface area contributed by atoms with Crippen LogP contribution in [0.2, 0.25) is 0 Å². The molecule has 0 radical (unpaired) electrons. The fraction of sp³-hybridized carbons (Fsp3) is 0.444. The van der Waals surface area contributed by atoms with Gasteiger partial charge in [0.05, 0.1) is 17.8 Å². The molecule has 1 aliphatic carbocycles. The van der Waals surface area contributed by atoms with E-state index in [1.807, 2.05) is 18.3 Å². The summed E-state index contributed by atoms with van der Waals surface area (Å²) in [5.74, 6) is 0. The molecule has 23 heavy (non-hydrogen) atoms. The van der Waals surface area contributed by atoms with Gasteiger partial charge in [-0.25, -0.2) is 0 Å². The second kappa shape index (κ2) is 5.96. The molecule has 120 valence electrons. The van der Waals surface area contributed by atoms with Gasteiger partial charge in [-0.2, -0.15) is 0 Å². The van der Waals surface area contributed by atoms with Gasteiger partial charge in [-0.3, -0.25) is 4.98 Å². The number of pyridine rings is 1. The van der Waals surface area contributed by atoms with Crippen molar-refractivity contribution in [3.63, 3.8) is 0 Å². The molecule has 2 aromatic rings. The lowest BCUT2D eigenvalue weighted by Gasteiger charge is -2.32. The number of aryl methyl sites for hydroxylation is 1. The normalized spacial score (nSPS) is 25.1. The topological polar surface area (TPSA) is 33.1 Å². The molecule has 2 aromatic heterocycles. The predicted octanol–water partition coefficient (Wildman–Crippen LogP) is 3.34. The van der Waals surface area contributed by atoms with Gasteiger partial charge in [0.1, 0.15) is 0 Å². The van der Waals surface area contributed by atoms with Gasteiger partial charge in [0.2, 0.25) is 0 Å². The summed E-state index contributed by atoms with van der Waals surface area (Å²) in [5.41, 5.74) is 2.37. The van der Waals surface area contributed by atoms with Crippen molar-refractivity contribution in [2.24, 2.45) is 7.05 Å². The molecule has 4 rings (SSSR count). The zero-order valence-corrected chi connectivity index (χ0v) is 14.2. The highest BCUT2D eigenvalue weighted by atomic mass is 32.1. The zero-order chi connectivity index (χ0) is 15.8. The number of hydrogen-bond donors (Lipinski definition) is 1. The number of nitrogens with one attached hydrogen (secondary N) is 1. The average molecular weight is 326 g/mol. The van der Waals surface area contributed by atoms with E-state index in [-0.39, 0.29) is 12.1 Å². The van der Waals surface area contributed by atoms with Crippen molar-refractivity contribution in [2.45, 2.75) is 43.8 Å². The quantitative estimate of drug-likeness (QED) is 0.877. The fourth-order valence-corrected chi connectivity index (χ4v) is 4.39. The minimum atomic E-state index is 0.117. The minimum Gasteiger partial charge on any atom is -0.357 e. The number of nitrogens with zero attached hydrogens (tertiary/aromatic N) is 3. The standard InChI is InChI=1S/C18H22N4S/c1-21-11-9-13(12-21)17-16(15-8-4-5-10-19-15)20-18(23)22(17)14-6-2-3-7-14/h4-5,8-12,14,16-17H,2-3,6-7H2,1H3,(H,20,23). The average Bonchev–Trinajstić information content (AvgIpc) is 3.27. The van der Waals surface area contributed by atoms with Crippen molar-refractivity contribution in [3.8, 4) is 0 Å². The molecule has 2 fully saturated rings. The van der Waals surface area contributed by atoms with Crippen LogP contribution in [0.25, 0.3) is 0 Å². The van der Waals surface area contributed by atoms with Gasteiger partial charge in [0.25, 0.3) is 0 Å². The van der Waals surface area contributed by atoms with Crippen LogP contribution in [0.4, 0.5) is 0 Å². The maximum atomic E-state index is 5.72. The molecule has 5 heteroatoms. The van der Waals surface area contributed by atoms with Gasteiger partial charge in [0.15, 0.2) is 5.11 Å². The van der Waals surface area contributed by atoms with Crippen LogP contribution in [0.1, 0.15) is 49.0 Å². The van der Waals surface area contributed by atoms with Gasteiger partial charge in [-0.05, 0) is 48.8 Å². The van der Waals surface area contributed by atoms with Crippen LogP contribution in [0.3, 0.4) is 0 Å². The Bertz CT molecular complexity index is 690. The molecular weight excluding hydrogens is 304 g/mol. The Hall–Kier alpha value is -1.88. The van der Waals surface area contributed by atoms with Gasteiger partial charge in [0, 0.05) is 31.7 Å². The number of aromatic nitrogens is 2. The Kier molecular flexibility index (Phi) is 3.81. The molecule has 1 N–H and O–H groups in total. The van der Waals surface area contributed by atoms with Crippen LogP contribution in [-0.2, 0) is 7.05 Å². The molecule has 2 atom stereocenters. The monoisotopic (exact) mass is 326 g/mol. The first-order chi connectivity index (χ1) is 11.2. The molecule has 4 nitrogen and oxygen atoms in total. The van der Waals surface area contributed by atoms with Crippen molar-refractivity contribution in [2.75, 3.05) is 0 Å². The van der Waals surface area contributed by atoms with E-state index >= 15 is 0 Å². The van der Waals surface area contributed by atoms with E-state index in [1.165, 1.54) is 31.2 Å². The highest BCUT2D eigenvalue weighted by molar-refractivity contribution is 7.80. The lowest BCUT2D eigenvalue weighted by molar-refractivity contribution is 0.245. The summed E-state index contributed by atoms with van der Waals surface area (Å²) in [7, 11) is 2.07. The van der Waals surface area contributed by atoms with Crippen molar-refractivity contribution in [1.82, 2.24) is 19.8 Å². The predicted molar refractivity (Wildman–Crippen MR) is 95.0 cm³/mol. The number of hydrogen-bond acceptors (Lipinski definition) is 2. The Labute approximate surface area is 142 Å². The Morgan fingerprint density at radius 2 is 2.04 bits per heavy atom. The van der Waals surface area contributed by atoms with Gasteiger partial charge >= 0.3 is 0 Å². The van der Waals surface area contributed by atoms with E-state index in [0.29, 0.717) is 6.04 Å². The maximum absolute atomic E-state index is 5.72. The molecular formula is C18H22N4S. The Balaban J connectivity index is 1.75. The summed E-state index contributed by atoms with van der Waals surface area (Å²) in [5, 5.41) is 4.42. The van der Waals surface area contributed by atoms with Crippen LogP contribution >= 0.6 is 12.2 Å². The zero-order valence-electron chi connectivity index (χ0n) is 13.4. The third-order valence-electron chi connectivity index (χ3n) is 5.05. The third-order valence-corrected chi connectivity index (χ3v) is 5.38. The molecule has 2 unspecified atom stereocenters. The summed E-state index contributed by atoms with van der Waals surface area (Å²) in [4.78, 5) is 7.02.